The van der Waals surface area contributed by atoms with Crippen LogP contribution in [0.15, 0.2) is 36.9 Å². The fraction of sp³-hybridized carbons (Fsp3) is 0.556. The largest absolute Gasteiger partial charge is 0.387 e. The first-order valence-corrected chi connectivity index (χ1v) is 8.06. The van der Waals surface area contributed by atoms with Crippen molar-refractivity contribution in [3.8, 4) is 0 Å². The van der Waals surface area contributed by atoms with Crippen LogP contribution in [-0.4, -0.2) is 47.2 Å². The zero-order valence-electron chi connectivity index (χ0n) is 13.9. The molecule has 6 heteroatoms. The van der Waals surface area contributed by atoms with E-state index in [1.165, 1.54) is 0 Å². The van der Waals surface area contributed by atoms with Crippen molar-refractivity contribution in [3.63, 3.8) is 0 Å². The first-order valence-electron chi connectivity index (χ1n) is 8.06. The van der Waals surface area contributed by atoms with Gasteiger partial charge in [-0.3, -0.25) is 0 Å². The van der Waals surface area contributed by atoms with E-state index in [9.17, 15) is 10.2 Å². The van der Waals surface area contributed by atoms with Gasteiger partial charge in [0, 0.05) is 0 Å². The maximum atomic E-state index is 10.6. The second-order valence-corrected chi connectivity index (χ2v) is 6.55. The summed E-state index contributed by atoms with van der Waals surface area (Å²) in [7, 11) is 0. The van der Waals surface area contributed by atoms with E-state index in [2.05, 4.69) is 6.58 Å². The van der Waals surface area contributed by atoms with Crippen molar-refractivity contribution in [2.75, 3.05) is 6.61 Å². The summed E-state index contributed by atoms with van der Waals surface area (Å²) >= 11 is 0. The summed E-state index contributed by atoms with van der Waals surface area (Å²) in [6.07, 6.45) is -2.34. The number of aliphatic hydroxyl groups excluding tert-OH is 2. The molecule has 0 spiro atoms. The van der Waals surface area contributed by atoms with Crippen molar-refractivity contribution in [1.29, 1.82) is 0 Å². The highest BCUT2D eigenvalue weighted by atomic mass is 16.8. The Hall–Kier alpha value is -1.28. The SMILES string of the molecule is C=CCOCc1cccc([C@H](O)[C@@H]2O[C@H]3OC(C)(C)O[C@H]3[C@@H]2O)c1. The van der Waals surface area contributed by atoms with E-state index in [1.807, 2.05) is 18.2 Å². The van der Waals surface area contributed by atoms with Gasteiger partial charge in [-0.25, -0.2) is 0 Å². The van der Waals surface area contributed by atoms with Gasteiger partial charge in [-0.2, -0.15) is 0 Å². The average molecular weight is 336 g/mol. The van der Waals surface area contributed by atoms with E-state index in [0.29, 0.717) is 18.8 Å². The molecule has 0 aliphatic carbocycles. The lowest BCUT2D eigenvalue weighted by Crippen LogP contribution is -2.37. The highest BCUT2D eigenvalue weighted by Gasteiger charge is 2.56. The Morgan fingerprint density at radius 2 is 2.17 bits per heavy atom. The zero-order chi connectivity index (χ0) is 17.3. The molecule has 0 radical (unpaired) electrons. The van der Waals surface area contributed by atoms with Crippen molar-refractivity contribution in [1.82, 2.24) is 0 Å². The molecule has 24 heavy (non-hydrogen) atoms. The second kappa shape index (κ2) is 6.92. The fourth-order valence-electron chi connectivity index (χ4n) is 3.09. The summed E-state index contributed by atoms with van der Waals surface area (Å²) in [5.41, 5.74) is 1.58. The van der Waals surface area contributed by atoms with Gasteiger partial charge >= 0.3 is 0 Å². The van der Waals surface area contributed by atoms with Crippen molar-refractivity contribution in [2.45, 2.75) is 56.9 Å². The Kier molecular flexibility index (Phi) is 5.05. The van der Waals surface area contributed by atoms with Crippen molar-refractivity contribution >= 4 is 0 Å². The molecule has 1 aromatic carbocycles. The van der Waals surface area contributed by atoms with Gasteiger partial charge in [0.15, 0.2) is 12.1 Å². The fourth-order valence-corrected chi connectivity index (χ4v) is 3.09. The maximum Gasteiger partial charge on any atom is 0.190 e. The molecule has 132 valence electrons. The van der Waals surface area contributed by atoms with Crippen LogP contribution in [0.1, 0.15) is 31.1 Å². The van der Waals surface area contributed by atoms with E-state index >= 15 is 0 Å². The summed E-state index contributed by atoms with van der Waals surface area (Å²) in [5, 5.41) is 21.1. The first-order chi connectivity index (χ1) is 11.4. The Balaban J connectivity index is 1.68. The van der Waals surface area contributed by atoms with Crippen LogP contribution < -0.4 is 0 Å². The molecule has 2 fully saturated rings. The van der Waals surface area contributed by atoms with Gasteiger partial charge < -0.3 is 29.2 Å². The van der Waals surface area contributed by atoms with E-state index in [0.717, 1.165) is 5.56 Å². The van der Waals surface area contributed by atoms with Crippen LogP contribution >= 0.6 is 0 Å². The monoisotopic (exact) mass is 336 g/mol. The zero-order valence-corrected chi connectivity index (χ0v) is 13.9. The third kappa shape index (κ3) is 3.54. The highest BCUT2D eigenvalue weighted by molar-refractivity contribution is 5.26. The molecule has 2 saturated heterocycles. The summed E-state index contributed by atoms with van der Waals surface area (Å²) in [6.45, 7) is 8.02. The molecule has 0 bridgehead atoms. The minimum Gasteiger partial charge on any atom is -0.387 e. The summed E-state index contributed by atoms with van der Waals surface area (Å²) in [6, 6.07) is 7.37. The molecule has 2 N–H and O–H groups in total. The summed E-state index contributed by atoms with van der Waals surface area (Å²) < 4.78 is 22.4. The lowest BCUT2D eigenvalue weighted by Gasteiger charge is -2.26. The first kappa shape index (κ1) is 17.5. The summed E-state index contributed by atoms with van der Waals surface area (Å²) in [4.78, 5) is 0. The van der Waals surface area contributed by atoms with E-state index < -0.39 is 36.5 Å². The predicted octanol–water partition coefficient (Wildman–Crippen LogP) is 1.66. The van der Waals surface area contributed by atoms with E-state index in [4.69, 9.17) is 18.9 Å². The van der Waals surface area contributed by atoms with Gasteiger partial charge in [0.05, 0.1) is 13.2 Å². The number of ether oxygens (including phenoxy) is 4. The normalized spacial score (nSPS) is 32.5. The molecule has 0 saturated carbocycles. The molecular weight excluding hydrogens is 312 g/mol. The van der Waals surface area contributed by atoms with Crippen molar-refractivity contribution in [2.24, 2.45) is 0 Å². The van der Waals surface area contributed by atoms with Crippen LogP contribution in [0.25, 0.3) is 0 Å². The number of aliphatic hydroxyl groups is 2. The maximum absolute atomic E-state index is 10.6. The van der Waals surface area contributed by atoms with Crippen LogP contribution in [0, 0.1) is 0 Å². The molecule has 2 aliphatic rings. The number of rotatable bonds is 6. The molecule has 3 rings (SSSR count). The van der Waals surface area contributed by atoms with Crippen LogP contribution in [0.5, 0.6) is 0 Å². The third-order valence-electron chi connectivity index (χ3n) is 4.16. The third-order valence-corrected chi connectivity index (χ3v) is 4.16. The summed E-state index contributed by atoms with van der Waals surface area (Å²) in [5.74, 6) is -0.797. The Labute approximate surface area is 141 Å². The van der Waals surface area contributed by atoms with Gasteiger partial charge in [0.25, 0.3) is 0 Å². The molecule has 0 amide bonds. The van der Waals surface area contributed by atoms with Crippen LogP contribution in [0.4, 0.5) is 0 Å². The molecule has 6 nitrogen and oxygen atoms in total. The number of hydrogen-bond donors (Lipinski definition) is 2. The van der Waals surface area contributed by atoms with Crippen molar-refractivity contribution < 1.29 is 29.2 Å². The molecule has 0 aromatic heterocycles. The topological polar surface area (TPSA) is 77.4 Å². The van der Waals surface area contributed by atoms with Crippen LogP contribution in [0.2, 0.25) is 0 Å². The van der Waals surface area contributed by atoms with Crippen LogP contribution in [0.3, 0.4) is 0 Å². The quantitative estimate of drug-likeness (QED) is 0.608. The molecule has 5 atom stereocenters. The minimum atomic E-state index is -0.986. The molecule has 2 aliphatic heterocycles. The average Bonchev–Trinajstić information content (AvgIpc) is 3.00. The minimum absolute atomic E-state index is 0.423. The number of hydrogen-bond acceptors (Lipinski definition) is 6. The van der Waals surface area contributed by atoms with Gasteiger partial charge in [-0.05, 0) is 25.0 Å². The van der Waals surface area contributed by atoms with Crippen molar-refractivity contribution in [3.05, 3.63) is 48.0 Å². The Morgan fingerprint density at radius 1 is 1.38 bits per heavy atom. The second-order valence-electron chi connectivity index (χ2n) is 6.55. The number of benzene rings is 1. The smallest absolute Gasteiger partial charge is 0.190 e. The van der Waals surface area contributed by atoms with Crippen LogP contribution in [-0.2, 0) is 25.6 Å². The Bertz CT molecular complexity index is 587. The van der Waals surface area contributed by atoms with Gasteiger partial charge in [0.2, 0.25) is 0 Å². The number of fused-ring (bicyclic) bond motifs is 1. The molecule has 2 heterocycles. The molecular formula is C18H24O6. The van der Waals surface area contributed by atoms with E-state index in [-0.39, 0.29) is 0 Å². The standard InChI is InChI=1S/C18H24O6/c1-4-8-21-10-11-6-5-7-12(9-11)13(19)15-14(20)16-17(22-15)24-18(2,3)23-16/h4-7,9,13-17,19-20H,1,8,10H2,2-3H3/t13-,14+,15-,16-,17-/m0/s1. The predicted molar refractivity (Wildman–Crippen MR) is 86.0 cm³/mol. The lowest BCUT2D eigenvalue weighted by atomic mass is 9.98. The highest BCUT2D eigenvalue weighted by Crippen LogP contribution is 2.40. The lowest BCUT2D eigenvalue weighted by molar-refractivity contribution is -0.226. The van der Waals surface area contributed by atoms with E-state index in [1.54, 1.807) is 26.0 Å². The molecule has 0 unspecified atom stereocenters. The van der Waals surface area contributed by atoms with Gasteiger partial charge in [-0.15, -0.1) is 6.58 Å². The molecule has 1 aromatic rings. The van der Waals surface area contributed by atoms with Gasteiger partial charge in [-0.1, -0.05) is 30.3 Å². The Morgan fingerprint density at radius 3 is 2.88 bits per heavy atom. The van der Waals surface area contributed by atoms with Gasteiger partial charge in [0.1, 0.15) is 24.4 Å².